The molecule has 3 N–H and O–H groups in total. The summed E-state index contributed by atoms with van der Waals surface area (Å²) in [5.41, 5.74) is -0.573. The van der Waals surface area contributed by atoms with Gasteiger partial charge >= 0.3 is 12.2 Å². The highest BCUT2D eigenvalue weighted by molar-refractivity contribution is 9.10. The van der Waals surface area contributed by atoms with E-state index in [1.165, 1.54) is 12.0 Å². The van der Waals surface area contributed by atoms with Gasteiger partial charge < -0.3 is 30.2 Å². The Kier molecular flexibility index (Phi) is 9.47. The van der Waals surface area contributed by atoms with E-state index >= 15 is 0 Å². The first kappa shape index (κ1) is 30.6. The lowest BCUT2D eigenvalue weighted by Gasteiger charge is -2.29. The Hall–Kier alpha value is -2.93. The smallest absolute Gasteiger partial charge is 0.411 e. The monoisotopic (exact) mass is 611 g/mol. The van der Waals surface area contributed by atoms with Crippen LogP contribution in [0.3, 0.4) is 0 Å². The molecule has 13 heteroatoms. The molecule has 0 unspecified atom stereocenters. The fourth-order valence-electron chi connectivity index (χ4n) is 4.83. The van der Waals surface area contributed by atoms with Crippen LogP contribution in [-0.2, 0) is 30.4 Å². The van der Waals surface area contributed by atoms with Gasteiger partial charge in [-0.2, -0.15) is 0 Å². The van der Waals surface area contributed by atoms with Crippen LogP contribution in [0.4, 0.5) is 15.4 Å². The first-order valence-corrected chi connectivity index (χ1v) is 13.6. The van der Waals surface area contributed by atoms with Crippen LogP contribution in [0.15, 0.2) is 16.7 Å². The van der Waals surface area contributed by atoms with Gasteiger partial charge in [-0.1, -0.05) is 19.9 Å². The first-order chi connectivity index (χ1) is 18.2. The quantitative estimate of drug-likeness (QED) is 0.360. The van der Waals surface area contributed by atoms with E-state index in [0.717, 1.165) is 0 Å². The molecule has 1 aromatic heterocycles. The number of methoxy groups -OCH3 is 2. The SMILES string of the molecule is COCc1ccc(Br)nc1NC(=O)[C@@H]1C[C@@]2(CNC(=O)[C@@H](NC(=O)OC)C(C)C)C[C@H]2N1C(=O)OC(C)(C)C. The summed E-state index contributed by atoms with van der Waals surface area (Å²) in [5, 5.41) is 8.32. The molecule has 1 saturated carbocycles. The number of aromatic nitrogens is 1. The van der Waals surface area contributed by atoms with E-state index in [2.05, 4.69) is 41.6 Å². The summed E-state index contributed by atoms with van der Waals surface area (Å²) in [6.45, 7) is 9.39. The number of hydrogen-bond donors (Lipinski definition) is 3. The van der Waals surface area contributed by atoms with Crippen LogP contribution in [0.5, 0.6) is 0 Å². The van der Waals surface area contributed by atoms with Gasteiger partial charge in [-0.15, -0.1) is 0 Å². The third-order valence-corrected chi connectivity index (χ3v) is 7.28. The van der Waals surface area contributed by atoms with Gasteiger partial charge in [0.05, 0.1) is 13.7 Å². The van der Waals surface area contributed by atoms with Gasteiger partial charge in [-0.05, 0) is 61.5 Å². The van der Waals surface area contributed by atoms with Crippen molar-refractivity contribution in [3.05, 3.63) is 22.3 Å². The molecular formula is C26H38BrN5O7. The van der Waals surface area contributed by atoms with Crippen LogP contribution in [0.25, 0.3) is 0 Å². The molecule has 0 spiro atoms. The van der Waals surface area contributed by atoms with Crippen molar-refractivity contribution in [1.82, 2.24) is 20.5 Å². The maximum atomic E-state index is 13.6. The molecule has 4 atom stereocenters. The number of anilines is 1. The maximum absolute atomic E-state index is 13.6. The normalized spacial score (nSPS) is 22.5. The van der Waals surface area contributed by atoms with E-state index in [9.17, 15) is 19.2 Å². The number of pyridine rings is 1. The number of fused-ring (bicyclic) bond motifs is 1. The van der Waals surface area contributed by atoms with Crippen molar-refractivity contribution in [2.75, 3.05) is 26.1 Å². The molecule has 1 aliphatic carbocycles. The van der Waals surface area contributed by atoms with Crippen molar-refractivity contribution in [3.8, 4) is 0 Å². The molecular weight excluding hydrogens is 574 g/mol. The van der Waals surface area contributed by atoms with Crippen LogP contribution in [-0.4, -0.2) is 78.4 Å². The number of likely N-dealkylation sites (tertiary alicyclic amines) is 1. The predicted molar refractivity (Wildman–Crippen MR) is 146 cm³/mol. The number of nitrogens with zero attached hydrogens (tertiary/aromatic N) is 2. The lowest BCUT2D eigenvalue weighted by Crippen LogP contribution is -2.50. The molecule has 1 aromatic rings. The van der Waals surface area contributed by atoms with Gasteiger partial charge in [-0.3, -0.25) is 14.5 Å². The Bertz CT molecular complexity index is 1110. The lowest BCUT2D eigenvalue weighted by atomic mass is 9.98. The Balaban J connectivity index is 1.80. The van der Waals surface area contributed by atoms with E-state index in [1.54, 1.807) is 40.0 Å². The molecule has 39 heavy (non-hydrogen) atoms. The molecule has 216 valence electrons. The summed E-state index contributed by atoms with van der Waals surface area (Å²) in [7, 11) is 2.78. The Morgan fingerprint density at radius 1 is 1.18 bits per heavy atom. The zero-order valence-electron chi connectivity index (χ0n) is 23.4. The van der Waals surface area contributed by atoms with E-state index in [4.69, 9.17) is 9.47 Å². The van der Waals surface area contributed by atoms with Crippen molar-refractivity contribution >= 4 is 45.7 Å². The number of halogens is 1. The summed E-state index contributed by atoms with van der Waals surface area (Å²) in [4.78, 5) is 57.3. The Morgan fingerprint density at radius 2 is 1.87 bits per heavy atom. The molecule has 2 aliphatic rings. The lowest BCUT2D eigenvalue weighted by molar-refractivity contribution is -0.124. The summed E-state index contributed by atoms with van der Waals surface area (Å²) in [6, 6.07) is 1.62. The first-order valence-electron chi connectivity index (χ1n) is 12.8. The third-order valence-electron chi connectivity index (χ3n) is 6.83. The molecule has 2 heterocycles. The van der Waals surface area contributed by atoms with Gasteiger partial charge in [0, 0.05) is 30.7 Å². The van der Waals surface area contributed by atoms with Gasteiger partial charge in [-0.25, -0.2) is 14.6 Å². The fraction of sp³-hybridized carbons (Fsp3) is 0.654. The van der Waals surface area contributed by atoms with Crippen LogP contribution in [0, 0.1) is 11.3 Å². The minimum Gasteiger partial charge on any atom is -0.453 e. The average Bonchev–Trinajstić information content (AvgIpc) is 3.44. The molecule has 1 aliphatic heterocycles. The average molecular weight is 613 g/mol. The topological polar surface area (TPSA) is 148 Å². The number of amides is 4. The molecule has 1 saturated heterocycles. The van der Waals surface area contributed by atoms with Crippen LogP contribution >= 0.6 is 15.9 Å². The van der Waals surface area contributed by atoms with E-state index in [1.807, 2.05) is 13.8 Å². The zero-order chi connectivity index (χ0) is 29.1. The molecule has 0 aromatic carbocycles. The molecule has 4 amide bonds. The van der Waals surface area contributed by atoms with Crippen molar-refractivity contribution in [3.63, 3.8) is 0 Å². The standard InChI is InChI=1S/C26H38BrN5O7/c1-14(2)19(30-23(35)38-7)22(34)28-13-26-10-16(32(17(26)11-26)24(36)39-25(3,4)5)21(33)31-20-15(12-37-6)8-9-18(27)29-20/h8-9,14,16-17,19H,10-13H2,1-7H3,(H,28,34)(H,30,35)(H,29,31,33)/t16-,17+,19-,26-/m0/s1. The number of rotatable bonds is 9. The van der Waals surface area contributed by atoms with Crippen molar-refractivity contribution < 1.29 is 33.4 Å². The zero-order valence-corrected chi connectivity index (χ0v) is 25.0. The van der Waals surface area contributed by atoms with E-state index in [-0.39, 0.29) is 31.0 Å². The molecule has 3 rings (SSSR count). The number of nitrogens with one attached hydrogen (secondary N) is 3. The summed E-state index contributed by atoms with van der Waals surface area (Å²) < 4.78 is 16.0. The highest BCUT2D eigenvalue weighted by Crippen LogP contribution is 2.59. The number of carbonyl (C=O) groups excluding carboxylic acids is 4. The van der Waals surface area contributed by atoms with E-state index in [0.29, 0.717) is 28.8 Å². The Labute approximate surface area is 237 Å². The maximum Gasteiger partial charge on any atom is 0.411 e. The number of hydrogen-bond acceptors (Lipinski definition) is 8. The van der Waals surface area contributed by atoms with Gasteiger partial charge in [0.25, 0.3) is 0 Å². The predicted octanol–water partition coefficient (Wildman–Crippen LogP) is 3.19. The van der Waals surface area contributed by atoms with Gasteiger partial charge in [0.15, 0.2) is 0 Å². The second-order valence-electron chi connectivity index (χ2n) is 11.3. The van der Waals surface area contributed by atoms with Crippen LogP contribution < -0.4 is 16.0 Å². The number of alkyl carbamates (subject to hydrolysis) is 1. The number of carbonyl (C=O) groups is 4. The van der Waals surface area contributed by atoms with Crippen molar-refractivity contribution in [2.45, 2.75) is 77.8 Å². The number of ether oxygens (including phenoxy) is 3. The van der Waals surface area contributed by atoms with Gasteiger partial charge in [0.1, 0.15) is 28.1 Å². The van der Waals surface area contributed by atoms with Crippen LogP contribution in [0.1, 0.15) is 53.0 Å². The highest BCUT2D eigenvalue weighted by Gasteiger charge is 2.68. The largest absolute Gasteiger partial charge is 0.453 e. The van der Waals surface area contributed by atoms with Crippen molar-refractivity contribution in [2.24, 2.45) is 11.3 Å². The molecule has 0 bridgehead atoms. The highest BCUT2D eigenvalue weighted by atomic mass is 79.9. The Morgan fingerprint density at radius 3 is 2.46 bits per heavy atom. The van der Waals surface area contributed by atoms with Crippen LogP contribution in [0.2, 0.25) is 0 Å². The van der Waals surface area contributed by atoms with Gasteiger partial charge in [0.2, 0.25) is 11.8 Å². The number of piperidine rings is 1. The molecule has 0 radical (unpaired) electrons. The molecule has 2 fully saturated rings. The second-order valence-corrected chi connectivity index (χ2v) is 12.1. The summed E-state index contributed by atoms with van der Waals surface area (Å²) in [5.74, 6) is -0.628. The second kappa shape index (κ2) is 12.1. The van der Waals surface area contributed by atoms with Crippen molar-refractivity contribution in [1.29, 1.82) is 0 Å². The third kappa shape index (κ3) is 7.38. The minimum atomic E-state index is -0.833. The molecule has 12 nitrogen and oxygen atoms in total. The summed E-state index contributed by atoms with van der Waals surface area (Å²) >= 11 is 3.33. The van der Waals surface area contributed by atoms with E-state index < -0.39 is 41.2 Å². The summed E-state index contributed by atoms with van der Waals surface area (Å²) in [6.07, 6.45) is -0.357. The fourth-order valence-corrected chi connectivity index (χ4v) is 5.14. The minimum absolute atomic E-state index is 0.184.